The molecule has 0 saturated heterocycles. The predicted molar refractivity (Wildman–Crippen MR) is 104 cm³/mol. The van der Waals surface area contributed by atoms with Crippen molar-refractivity contribution in [2.45, 2.75) is 12.5 Å². The van der Waals surface area contributed by atoms with Gasteiger partial charge in [0.15, 0.2) is 5.60 Å². The zero-order valence-corrected chi connectivity index (χ0v) is 14.9. The van der Waals surface area contributed by atoms with Gasteiger partial charge in [0.05, 0.1) is 16.8 Å². The lowest BCUT2D eigenvalue weighted by Gasteiger charge is -2.30. The quantitative estimate of drug-likeness (QED) is 0.496. The van der Waals surface area contributed by atoms with Crippen LogP contribution in [0, 0.1) is 0 Å². The Balaban J connectivity index is 1.88. The average molecular weight is 354 g/mol. The molecule has 0 aliphatic heterocycles. The van der Waals surface area contributed by atoms with E-state index in [0.29, 0.717) is 11.3 Å². The third kappa shape index (κ3) is 3.17. The summed E-state index contributed by atoms with van der Waals surface area (Å²) in [6.07, 6.45) is 1.51. The molecule has 0 aliphatic rings. The molecule has 0 bridgehead atoms. The van der Waals surface area contributed by atoms with E-state index in [-0.39, 0.29) is 0 Å². The van der Waals surface area contributed by atoms with Crippen LogP contribution in [0.25, 0.3) is 10.9 Å². The number of aromatic nitrogens is 2. The normalized spacial score (nSPS) is 13.1. The lowest BCUT2D eigenvalue weighted by atomic mass is 9.89. The third-order valence-corrected chi connectivity index (χ3v) is 4.63. The van der Waals surface area contributed by atoms with Gasteiger partial charge in [-0.15, -0.1) is 0 Å². The van der Waals surface area contributed by atoms with Crippen molar-refractivity contribution in [2.24, 2.45) is 0 Å². The molecule has 0 spiro atoms. The molecule has 27 heavy (non-hydrogen) atoms. The zero-order valence-electron chi connectivity index (χ0n) is 14.9. The van der Waals surface area contributed by atoms with Crippen LogP contribution in [-0.4, -0.2) is 15.9 Å². The van der Waals surface area contributed by atoms with Gasteiger partial charge in [-0.25, -0.2) is 14.8 Å². The van der Waals surface area contributed by atoms with Crippen molar-refractivity contribution >= 4 is 16.9 Å². The summed E-state index contributed by atoms with van der Waals surface area (Å²) in [5.74, 6) is -0.398. The Kier molecular flexibility index (Phi) is 4.38. The first-order chi connectivity index (χ1) is 13.2. The van der Waals surface area contributed by atoms with Crippen LogP contribution in [0.2, 0.25) is 0 Å². The zero-order chi connectivity index (χ0) is 18.7. The Morgan fingerprint density at radius 2 is 1.44 bits per heavy atom. The molecule has 0 amide bonds. The number of nitrogens with zero attached hydrogens (tertiary/aromatic N) is 2. The second-order valence-electron chi connectivity index (χ2n) is 6.39. The molecule has 4 aromatic rings. The monoisotopic (exact) mass is 354 g/mol. The summed E-state index contributed by atoms with van der Waals surface area (Å²) in [6.45, 7) is 1.87. The van der Waals surface area contributed by atoms with E-state index in [0.717, 1.165) is 16.5 Å². The van der Waals surface area contributed by atoms with Crippen LogP contribution in [-0.2, 0) is 10.3 Å². The van der Waals surface area contributed by atoms with Gasteiger partial charge in [0, 0.05) is 10.9 Å². The van der Waals surface area contributed by atoms with Crippen LogP contribution in [0.1, 0.15) is 28.5 Å². The summed E-state index contributed by atoms with van der Waals surface area (Å²) < 4.78 is 6.08. The number of esters is 1. The van der Waals surface area contributed by atoms with E-state index in [1.54, 1.807) is 12.1 Å². The molecular formula is C23H18N2O2. The molecule has 0 fully saturated rings. The molecule has 132 valence electrons. The minimum Gasteiger partial charge on any atom is -0.444 e. The molecular weight excluding hydrogens is 336 g/mol. The highest BCUT2D eigenvalue weighted by molar-refractivity contribution is 5.90. The summed E-state index contributed by atoms with van der Waals surface area (Å²) in [6, 6.07) is 26.4. The number of hydrogen-bond donors (Lipinski definition) is 0. The van der Waals surface area contributed by atoms with Crippen LogP contribution >= 0.6 is 0 Å². The van der Waals surface area contributed by atoms with Crippen LogP contribution in [0.3, 0.4) is 0 Å². The smallest absolute Gasteiger partial charge is 0.339 e. The fourth-order valence-corrected chi connectivity index (χ4v) is 3.20. The number of benzene rings is 3. The number of hydrogen-bond acceptors (Lipinski definition) is 4. The minimum absolute atomic E-state index is 0.398. The van der Waals surface area contributed by atoms with Crippen molar-refractivity contribution in [1.82, 2.24) is 9.97 Å². The maximum Gasteiger partial charge on any atom is 0.339 e. The van der Waals surface area contributed by atoms with Crippen LogP contribution in [0.4, 0.5) is 0 Å². The first kappa shape index (κ1) is 16.9. The average Bonchev–Trinajstić information content (AvgIpc) is 2.74. The molecule has 4 rings (SSSR count). The number of rotatable bonds is 4. The van der Waals surface area contributed by atoms with Gasteiger partial charge < -0.3 is 4.74 Å². The molecule has 0 saturated carbocycles. The van der Waals surface area contributed by atoms with Gasteiger partial charge in [0.2, 0.25) is 0 Å². The fraction of sp³-hybridized carbons (Fsp3) is 0.0870. The highest BCUT2D eigenvalue weighted by Gasteiger charge is 2.36. The van der Waals surface area contributed by atoms with Gasteiger partial charge in [-0.05, 0) is 25.1 Å². The van der Waals surface area contributed by atoms with Gasteiger partial charge >= 0.3 is 5.97 Å². The van der Waals surface area contributed by atoms with E-state index in [1.165, 1.54) is 6.33 Å². The van der Waals surface area contributed by atoms with Crippen molar-refractivity contribution in [2.75, 3.05) is 0 Å². The second-order valence-corrected chi connectivity index (χ2v) is 6.39. The largest absolute Gasteiger partial charge is 0.444 e. The lowest BCUT2D eigenvalue weighted by Crippen LogP contribution is -2.32. The number of para-hydroxylation sites is 1. The van der Waals surface area contributed by atoms with Crippen molar-refractivity contribution in [3.8, 4) is 0 Å². The maximum absolute atomic E-state index is 12.9. The predicted octanol–water partition coefficient (Wildman–Crippen LogP) is 4.75. The first-order valence-electron chi connectivity index (χ1n) is 8.72. The van der Waals surface area contributed by atoms with Gasteiger partial charge in [-0.3, -0.25) is 0 Å². The second kappa shape index (κ2) is 7.00. The summed E-state index contributed by atoms with van der Waals surface area (Å²) >= 11 is 0. The van der Waals surface area contributed by atoms with Crippen LogP contribution in [0.5, 0.6) is 0 Å². The van der Waals surface area contributed by atoms with Crippen LogP contribution < -0.4 is 0 Å². The van der Waals surface area contributed by atoms with E-state index >= 15 is 0 Å². The highest BCUT2D eigenvalue weighted by atomic mass is 16.6. The lowest BCUT2D eigenvalue weighted by molar-refractivity contribution is 0.00511. The SMILES string of the molecule is CC(OC(=O)c1ccccc1)(c1ccccc1)c1ncnc2ccccc12. The molecule has 1 aromatic heterocycles. The van der Waals surface area contributed by atoms with E-state index in [4.69, 9.17) is 4.74 Å². The Hall–Kier alpha value is -3.53. The van der Waals surface area contributed by atoms with E-state index in [1.807, 2.05) is 79.7 Å². The molecule has 4 nitrogen and oxygen atoms in total. The summed E-state index contributed by atoms with van der Waals surface area (Å²) in [5, 5.41) is 0.854. The molecule has 0 radical (unpaired) electrons. The number of carbonyl (C=O) groups excluding carboxylic acids is 1. The van der Waals surface area contributed by atoms with E-state index in [2.05, 4.69) is 9.97 Å². The van der Waals surface area contributed by atoms with Crippen molar-refractivity contribution in [1.29, 1.82) is 0 Å². The molecule has 1 heterocycles. The Bertz CT molecular complexity index is 1080. The topological polar surface area (TPSA) is 52.1 Å². The van der Waals surface area contributed by atoms with E-state index < -0.39 is 11.6 Å². The first-order valence-corrected chi connectivity index (χ1v) is 8.72. The standard InChI is InChI=1S/C23H18N2O2/c1-23(18-12-6-3-7-13-18,27-22(26)17-10-4-2-5-11-17)21-19-14-8-9-15-20(19)24-16-25-21/h2-16H,1H3. The van der Waals surface area contributed by atoms with Crippen molar-refractivity contribution in [3.05, 3.63) is 108 Å². The number of fused-ring (bicyclic) bond motifs is 1. The highest BCUT2D eigenvalue weighted by Crippen LogP contribution is 2.36. The number of carbonyl (C=O) groups is 1. The Labute approximate surface area is 157 Å². The molecule has 0 N–H and O–H groups in total. The van der Waals surface area contributed by atoms with Gasteiger partial charge in [-0.1, -0.05) is 66.7 Å². The molecule has 0 aliphatic carbocycles. The Morgan fingerprint density at radius 1 is 0.815 bits per heavy atom. The van der Waals surface area contributed by atoms with Gasteiger partial charge in [0.1, 0.15) is 6.33 Å². The molecule has 1 atom stereocenters. The molecule has 1 unspecified atom stereocenters. The summed E-state index contributed by atoms with van der Waals surface area (Å²) in [4.78, 5) is 21.7. The summed E-state index contributed by atoms with van der Waals surface area (Å²) in [5.41, 5.74) is 1.75. The van der Waals surface area contributed by atoms with E-state index in [9.17, 15) is 4.79 Å². The molecule has 3 aromatic carbocycles. The Morgan fingerprint density at radius 3 is 2.19 bits per heavy atom. The van der Waals surface area contributed by atoms with Crippen LogP contribution in [0.15, 0.2) is 91.3 Å². The third-order valence-electron chi connectivity index (χ3n) is 4.63. The molecule has 4 heteroatoms. The fourth-order valence-electron chi connectivity index (χ4n) is 3.20. The maximum atomic E-state index is 12.9. The van der Waals surface area contributed by atoms with Crippen molar-refractivity contribution < 1.29 is 9.53 Å². The number of ether oxygens (including phenoxy) is 1. The van der Waals surface area contributed by atoms with Gasteiger partial charge in [-0.2, -0.15) is 0 Å². The van der Waals surface area contributed by atoms with Gasteiger partial charge in [0.25, 0.3) is 0 Å². The summed E-state index contributed by atoms with van der Waals surface area (Å²) in [7, 11) is 0. The minimum atomic E-state index is -1.06. The van der Waals surface area contributed by atoms with Crippen molar-refractivity contribution in [3.63, 3.8) is 0 Å².